The van der Waals surface area contributed by atoms with E-state index < -0.39 is 0 Å². The predicted molar refractivity (Wildman–Crippen MR) is 131 cm³/mol. The molecule has 0 radical (unpaired) electrons. The van der Waals surface area contributed by atoms with Gasteiger partial charge in [0.2, 0.25) is 0 Å². The Hall–Kier alpha value is -0.840. The minimum Gasteiger partial charge on any atom is -0.467 e. The van der Waals surface area contributed by atoms with Crippen molar-refractivity contribution in [2.75, 3.05) is 52.5 Å². The van der Waals surface area contributed by atoms with E-state index in [-0.39, 0.29) is 29.5 Å². The maximum absolute atomic E-state index is 5.66. The van der Waals surface area contributed by atoms with E-state index in [1.54, 1.807) is 6.26 Å². The number of hydrogen-bond acceptors (Lipinski definition) is 5. The molecule has 3 rings (SSSR count). The third-order valence-corrected chi connectivity index (χ3v) is 5.92. The van der Waals surface area contributed by atoms with Crippen LogP contribution in [0.1, 0.15) is 51.2 Å². The average Bonchev–Trinajstić information content (AvgIpc) is 3.29. The van der Waals surface area contributed by atoms with E-state index in [1.165, 1.54) is 32.1 Å². The fourth-order valence-electron chi connectivity index (χ4n) is 4.34. The number of halogens is 1. The zero-order valence-electron chi connectivity index (χ0n) is 18.4. The van der Waals surface area contributed by atoms with Crippen molar-refractivity contribution in [1.29, 1.82) is 0 Å². The fourth-order valence-corrected chi connectivity index (χ4v) is 4.34. The molecule has 2 fully saturated rings. The molecular weight excluding hydrogens is 495 g/mol. The molecule has 2 aliphatic rings. The van der Waals surface area contributed by atoms with Gasteiger partial charge < -0.3 is 24.5 Å². The third kappa shape index (κ3) is 8.01. The highest BCUT2D eigenvalue weighted by molar-refractivity contribution is 14.0. The lowest BCUT2D eigenvalue weighted by atomic mass is 9.80. The SMILES string of the molecule is CCNC(=NCC1(N2CCOCC2)CCCCC1)NCCCOCc1ccco1.I. The number of ether oxygens (including phenoxy) is 2. The van der Waals surface area contributed by atoms with E-state index in [0.29, 0.717) is 13.2 Å². The highest BCUT2D eigenvalue weighted by Gasteiger charge is 2.38. The van der Waals surface area contributed by atoms with Crippen LogP contribution in [-0.2, 0) is 16.1 Å². The van der Waals surface area contributed by atoms with Gasteiger partial charge in [-0.2, -0.15) is 0 Å². The van der Waals surface area contributed by atoms with Gasteiger partial charge in [0, 0.05) is 38.3 Å². The lowest BCUT2D eigenvalue weighted by Crippen LogP contribution is -2.56. The van der Waals surface area contributed by atoms with Gasteiger partial charge in [-0.1, -0.05) is 19.3 Å². The van der Waals surface area contributed by atoms with Gasteiger partial charge in [-0.3, -0.25) is 9.89 Å². The van der Waals surface area contributed by atoms with Gasteiger partial charge in [0.25, 0.3) is 0 Å². The lowest BCUT2D eigenvalue weighted by molar-refractivity contribution is -0.0333. The minimum absolute atomic E-state index is 0. The summed E-state index contributed by atoms with van der Waals surface area (Å²) in [5.41, 5.74) is 0.205. The highest BCUT2D eigenvalue weighted by atomic mass is 127. The summed E-state index contributed by atoms with van der Waals surface area (Å²) in [6, 6.07) is 3.82. The maximum atomic E-state index is 5.66. The van der Waals surface area contributed by atoms with Crippen molar-refractivity contribution in [2.45, 2.75) is 57.6 Å². The summed E-state index contributed by atoms with van der Waals surface area (Å²) in [4.78, 5) is 7.64. The van der Waals surface area contributed by atoms with E-state index in [0.717, 1.165) is 64.1 Å². The van der Waals surface area contributed by atoms with Crippen molar-refractivity contribution in [3.8, 4) is 0 Å². The summed E-state index contributed by atoms with van der Waals surface area (Å²) >= 11 is 0. The van der Waals surface area contributed by atoms with E-state index in [1.807, 2.05) is 12.1 Å². The van der Waals surface area contributed by atoms with Gasteiger partial charge in [-0.15, -0.1) is 24.0 Å². The molecular formula is C22H39IN4O3. The van der Waals surface area contributed by atoms with Crippen LogP contribution in [0.5, 0.6) is 0 Å². The number of morpholine rings is 1. The van der Waals surface area contributed by atoms with Gasteiger partial charge in [0.05, 0.1) is 26.0 Å². The molecule has 1 saturated heterocycles. The van der Waals surface area contributed by atoms with Crippen molar-refractivity contribution < 1.29 is 13.9 Å². The molecule has 1 aromatic heterocycles. The highest BCUT2D eigenvalue weighted by Crippen LogP contribution is 2.34. The summed E-state index contributed by atoms with van der Waals surface area (Å²) in [5, 5.41) is 6.86. The summed E-state index contributed by atoms with van der Waals surface area (Å²) < 4.78 is 16.5. The Morgan fingerprint density at radius 3 is 2.70 bits per heavy atom. The summed E-state index contributed by atoms with van der Waals surface area (Å²) in [5.74, 6) is 1.78. The molecule has 7 nitrogen and oxygen atoms in total. The van der Waals surface area contributed by atoms with Gasteiger partial charge in [0.15, 0.2) is 5.96 Å². The second-order valence-corrected chi connectivity index (χ2v) is 7.99. The normalized spacial score (nSPS) is 19.8. The van der Waals surface area contributed by atoms with E-state index in [4.69, 9.17) is 18.9 Å². The molecule has 1 aliphatic carbocycles. The zero-order chi connectivity index (χ0) is 20.2. The summed E-state index contributed by atoms with van der Waals surface area (Å²) in [6.07, 6.45) is 9.07. The van der Waals surface area contributed by atoms with Crippen LogP contribution in [0, 0.1) is 0 Å². The lowest BCUT2D eigenvalue weighted by Gasteiger charge is -2.47. The zero-order valence-corrected chi connectivity index (χ0v) is 20.7. The molecule has 30 heavy (non-hydrogen) atoms. The first-order valence-corrected chi connectivity index (χ1v) is 11.3. The number of nitrogens with zero attached hydrogens (tertiary/aromatic N) is 2. The van der Waals surface area contributed by atoms with Crippen LogP contribution in [0.3, 0.4) is 0 Å². The smallest absolute Gasteiger partial charge is 0.191 e. The topological polar surface area (TPSA) is 71.3 Å². The first-order chi connectivity index (χ1) is 14.3. The van der Waals surface area contributed by atoms with Gasteiger partial charge >= 0.3 is 0 Å². The molecule has 2 N–H and O–H groups in total. The number of nitrogens with one attached hydrogen (secondary N) is 2. The van der Waals surface area contributed by atoms with Crippen LogP contribution in [0.15, 0.2) is 27.8 Å². The Balaban J connectivity index is 0.00000320. The molecule has 0 aromatic carbocycles. The Labute approximate surface area is 198 Å². The Morgan fingerprint density at radius 2 is 2.00 bits per heavy atom. The molecule has 1 saturated carbocycles. The summed E-state index contributed by atoms with van der Waals surface area (Å²) in [6.45, 7) is 9.68. The number of hydrogen-bond donors (Lipinski definition) is 2. The molecule has 8 heteroatoms. The van der Waals surface area contributed by atoms with Crippen molar-refractivity contribution in [2.24, 2.45) is 4.99 Å². The van der Waals surface area contributed by atoms with Crippen molar-refractivity contribution in [3.63, 3.8) is 0 Å². The second kappa shape index (κ2) is 14.3. The molecule has 0 unspecified atom stereocenters. The Kier molecular flexibility index (Phi) is 12.1. The van der Waals surface area contributed by atoms with Crippen LogP contribution in [-0.4, -0.2) is 68.9 Å². The molecule has 2 heterocycles. The average molecular weight is 534 g/mol. The largest absolute Gasteiger partial charge is 0.467 e. The number of furan rings is 1. The second-order valence-electron chi connectivity index (χ2n) is 7.99. The van der Waals surface area contributed by atoms with Crippen LogP contribution < -0.4 is 10.6 Å². The maximum Gasteiger partial charge on any atom is 0.191 e. The fraction of sp³-hybridized carbons (Fsp3) is 0.773. The van der Waals surface area contributed by atoms with Gasteiger partial charge in [-0.05, 0) is 38.3 Å². The standard InChI is InChI=1S/C22H38N4O3.HI/c1-2-23-21(24-11-7-14-28-18-20-8-6-15-29-20)25-19-22(9-4-3-5-10-22)26-12-16-27-17-13-26;/h6,8,15H,2-5,7,9-14,16-19H2,1H3,(H2,23,24,25);1H. The number of rotatable bonds is 10. The molecule has 0 atom stereocenters. The van der Waals surface area contributed by atoms with E-state index >= 15 is 0 Å². The van der Waals surface area contributed by atoms with Crippen LogP contribution in [0.4, 0.5) is 0 Å². The van der Waals surface area contributed by atoms with Crippen molar-refractivity contribution in [1.82, 2.24) is 15.5 Å². The Bertz CT molecular complexity index is 585. The Morgan fingerprint density at radius 1 is 1.20 bits per heavy atom. The predicted octanol–water partition coefficient (Wildman–Crippen LogP) is 3.39. The molecule has 1 aliphatic heterocycles. The van der Waals surface area contributed by atoms with Gasteiger partial charge in [0.1, 0.15) is 12.4 Å². The minimum atomic E-state index is 0. The molecule has 172 valence electrons. The third-order valence-electron chi connectivity index (χ3n) is 5.92. The summed E-state index contributed by atoms with van der Waals surface area (Å²) in [7, 11) is 0. The first-order valence-electron chi connectivity index (χ1n) is 11.3. The van der Waals surface area contributed by atoms with Crippen LogP contribution in [0.25, 0.3) is 0 Å². The quantitative estimate of drug-likeness (QED) is 0.208. The van der Waals surface area contributed by atoms with Crippen LogP contribution >= 0.6 is 24.0 Å². The van der Waals surface area contributed by atoms with Gasteiger partial charge in [-0.25, -0.2) is 0 Å². The molecule has 0 spiro atoms. The van der Waals surface area contributed by atoms with Crippen molar-refractivity contribution >= 4 is 29.9 Å². The monoisotopic (exact) mass is 534 g/mol. The van der Waals surface area contributed by atoms with Crippen molar-refractivity contribution in [3.05, 3.63) is 24.2 Å². The van der Waals surface area contributed by atoms with E-state index in [9.17, 15) is 0 Å². The molecule has 0 amide bonds. The van der Waals surface area contributed by atoms with E-state index in [2.05, 4.69) is 22.5 Å². The molecule has 0 bridgehead atoms. The number of guanidine groups is 1. The number of aliphatic imine (C=N–C) groups is 1. The first kappa shape index (κ1) is 25.4. The van der Waals surface area contributed by atoms with Crippen LogP contribution in [0.2, 0.25) is 0 Å². The molecule has 1 aromatic rings.